The Hall–Kier alpha value is -3.18. The second-order valence-electron chi connectivity index (χ2n) is 7.78. The zero-order valence-electron chi connectivity index (χ0n) is 17.9. The zero-order chi connectivity index (χ0) is 25.3. The van der Waals surface area contributed by atoms with E-state index in [1.807, 2.05) is 0 Å². The van der Waals surface area contributed by atoms with Crippen molar-refractivity contribution in [3.63, 3.8) is 0 Å². The van der Waals surface area contributed by atoms with E-state index < -0.39 is 35.7 Å². The number of nitrogens with one attached hydrogen (secondary N) is 1. The molecule has 0 atom stereocenters. The Labute approximate surface area is 206 Å². The van der Waals surface area contributed by atoms with Crippen molar-refractivity contribution in [2.24, 2.45) is 0 Å². The number of pyridine rings is 1. The van der Waals surface area contributed by atoms with Gasteiger partial charge >= 0.3 is 6.18 Å². The van der Waals surface area contributed by atoms with Crippen molar-refractivity contribution >= 4 is 40.7 Å². The first-order chi connectivity index (χ1) is 16.6. The van der Waals surface area contributed by atoms with E-state index in [1.165, 1.54) is 18.2 Å². The van der Waals surface area contributed by atoms with Crippen LogP contribution in [-0.2, 0) is 12.7 Å². The summed E-state index contributed by atoms with van der Waals surface area (Å²) in [6.07, 6.45) is -1.32. The molecule has 3 aromatic rings. The molecule has 2 aromatic heterocycles. The van der Waals surface area contributed by atoms with Crippen molar-refractivity contribution in [3.8, 4) is 0 Å². The maximum atomic E-state index is 13.9. The number of alkyl halides is 3. The van der Waals surface area contributed by atoms with Gasteiger partial charge in [-0.2, -0.15) is 18.3 Å². The Morgan fingerprint density at radius 3 is 2.49 bits per heavy atom. The van der Waals surface area contributed by atoms with Crippen LogP contribution in [0.4, 0.5) is 23.2 Å². The molecule has 7 nitrogen and oxygen atoms in total. The Kier molecular flexibility index (Phi) is 7.00. The maximum Gasteiger partial charge on any atom is 0.433 e. The van der Waals surface area contributed by atoms with Gasteiger partial charge in [0.15, 0.2) is 5.69 Å². The Balaban J connectivity index is 1.58. The lowest BCUT2D eigenvalue weighted by Crippen LogP contribution is -2.28. The normalized spacial score (nSPS) is 13.8. The third-order valence-corrected chi connectivity index (χ3v) is 6.11. The van der Waals surface area contributed by atoms with Crippen molar-refractivity contribution in [3.05, 3.63) is 75.0 Å². The summed E-state index contributed by atoms with van der Waals surface area (Å²) in [4.78, 5) is 30.8. The van der Waals surface area contributed by atoms with Crippen LogP contribution in [0.5, 0.6) is 0 Å². The fourth-order valence-corrected chi connectivity index (χ4v) is 4.17. The number of anilines is 1. The average molecular weight is 530 g/mol. The van der Waals surface area contributed by atoms with Crippen molar-refractivity contribution in [1.29, 1.82) is 0 Å². The van der Waals surface area contributed by atoms with Crippen LogP contribution >= 0.6 is 23.2 Å². The standard InChI is InChI=1S/C22H17Cl2F4N5O2/c23-15-8-13(9-29-18(15)21(35)32-6-1-2-7-32)31-20(34)14-10-30-33(19(14)22(26,27)28)11-12-4-3-5-16(25)17(12)24/h3-5,8-10H,1-2,6-7,11H2,(H,31,34). The molecule has 35 heavy (non-hydrogen) atoms. The second kappa shape index (κ2) is 9.82. The highest BCUT2D eigenvalue weighted by Crippen LogP contribution is 2.34. The molecule has 3 heterocycles. The van der Waals surface area contributed by atoms with E-state index in [2.05, 4.69) is 15.4 Å². The lowest BCUT2D eigenvalue weighted by atomic mass is 10.2. The van der Waals surface area contributed by atoms with Gasteiger partial charge in [-0.3, -0.25) is 14.3 Å². The molecule has 0 aliphatic carbocycles. The quantitative estimate of drug-likeness (QED) is 0.456. The zero-order valence-corrected chi connectivity index (χ0v) is 19.4. The highest BCUT2D eigenvalue weighted by molar-refractivity contribution is 6.33. The summed E-state index contributed by atoms with van der Waals surface area (Å²) in [7, 11) is 0. The van der Waals surface area contributed by atoms with Gasteiger partial charge in [-0.15, -0.1) is 0 Å². The monoisotopic (exact) mass is 529 g/mol. The van der Waals surface area contributed by atoms with Gasteiger partial charge in [0.25, 0.3) is 11.8 Å². The van der Waals surface area contributed by atoms with Crippen LogP contribution < -0.4 is 5.32 Å². The van der Waals surface area contributed by atoms with Crippen LogP contribution in [0, 0.1) is 5.82 Å². The van der Waals surface area contributed by atoms with Crippen LogP contribution in [-0.4, -0.2) is 44.6 Å². The fraction of sp³-hybridized carbons (Fsp3) is 0.273. The number of hydrogen-bond acceptors (Lipinski definition) is 4. The van der Waals surface area contributed by atoms with Crippen LogP contribution in [0.3, 0.4) is 0 Å². The number of carbonyl (C=O) groups excluding carboxylic acids is 2. The van der Waals surface area contributed by atoms with E-state index in [0.29, 0.717) is 17.8 Å². The van der Waals surface area contributed by atoms with Gasteiger partial charge < -0.3 is 10.2 Å². The Bertz CT molecular complexity index is 1290. The lowest BCUT2D eigenvalue weighted by molar-refractivity contribution is -0.144. The fourth-order valence-electron chi connectivity index (χ4n) is 3.73. The molecule has 1 N–H and O–H groups in total. The largest absolute Gasteiger partial charge is 0.433 e. The number of aromatic nitrogens is 3. The topological polar surface area (TPSA) is 80.1 Å². The number of nitrogens with zero attached hydrogens (tertiary/aromatic N) is 4. The summed E-state index contributed by atoms with van der Waals surface area (Å²) in [5.74, 6) is -2.27. The third-order valence-electron chi connectivity index (χ3n) is 5.40. The predicted molar refractivity (Wildman–Crippen MR) is 120 cm³/mol. The Morgan fingerprint density at radius 1 is 1.11 bits per heavy atom. The van der Waals surface area contributed by atoms with E-state index in [1.54, 1.807) is 4.90 Å². The van der Waals surface area contributed by atoms with Gasteiger partial charge in [0.05, 0.1) is 40.2 Å². The summed E-state index contributed by atoms with van der Waals surface area (Å²) in [5.41, 5.74) is -2.07. The minimum absolute atomic E-state index is 0.00739. The number of likely N-dealkylation sites (tertiary alicyclic amines) is 1. The number of halogens is 6. The van der Waals surface area contributed by atoms with Gasteiger partial charge in [-0.25, -0.2) is 9.37 Å². The summed E-state index contributed by atoms with van der Waals surface area (Å²) >= 11 is 12.0. The third kappa shape index (κ3) is 5.25. The first-order valence-electron chi connectivity index (χ1n) is 10.4. The summed E-state index contributed by atoms with van der Waals surface area (Å²) in [5, 5.41) is 5.58. The van der Waals surface area contributed by atoms with Crippen LogP contribution in [0.2, 0.25) is 10.0 Å². The van der Waals surface area contributed by atoms with Crippen LogP contribution in [0.25, 0.3) is 0 Å². The number of hydrogen-bond donors (Lipinski definition) is 1. The number of rotatable bonds is 5. The molecule has 0 unspecified atom stereocenters. The van der Waals surface area contributed by atoms with Crippen molar-refractivity contribution < 1.29 is 27.2 Å². The van der Waals surface area contributed by atoms with Crippen LogP contribution in [0.15, 0.2) is 36.7 Å². The highest BCUT2D eigenvalue weighted by atomic mass is 35.5. The molecule has 1 aliphatic rings. The molecule has 1 aliphatic heterocycles. The molecule has 1 aromatic carbocycles. The van der Waals surface area contributed by atoms with E-state index in [4.69, 9.17) is 23.2 Å². The van der Waals surface area contributed by atoms with Gasteiger partial charge in [-0.05, 0) is 30.5 Å². The van der Waals surface area contributed by atoms with Gasteiger partial charge in [-0.1, -0.05) is 35.3 Å². The Morgan fingerprint density at radius 2 is 1.83 bits per heavy atom. The number of amides is 2. The SMILES string of the molecule is O=C(Nc1cnc(C(=O)N2CCCC2)c(Cl)c1)c1cnn(Cc2cccc(F)c2Cl)c1C(F)(F)F. The second-order valence-corrected chi connectivity index (χ2v) is 8.57. The van der Waals surface area contributed by atoms with E-state index in [-0.39, 0.29) is 32.9 Å². The molecule has 2 amide bonds. The van der Waals surface area contributed by atoms with Crippen molar-refractivity contribution in [2.75, 3.05) is 18.4 Å². The van der Waals surface area contributed by atoms with Crippen molar-refractivity contribution in [2.45, 2.75) is 25.6 Å². The predicted octanol–water partition coefficient (Wildman–Crippen LogP) is 5.28. The molecule has 13 heteroatoms. The summed E-state index contributed by atoms with van der Waals surface area (Å²) in [6, 6.07) is 4.96. The molecule has 1 fully saturated rings. The summed E-state index contributed by atoms with van der Waals surface area (Å²) in [6.45, 7) is 0.653. The average Bonchev–Trinajstić information content (AvgIpc) is 3.47. The maximum absolute atomic E-state index is 13.9. The molecular formula is C22H17Cl2F4N5O2. The van der Waals surface area contributed by atoms with Gasteiger partial charge in [0.1, 0.15) is 11.5 Å². The molecule has 0 radical (unpaired) electrons. The molecule has 0 spiro atoms. The molecule has 184 valence electrons. The van der Waals surface area contributed by atoms with Crippen molar-refractivity contribution in [1.82, 2.24) is 19.7 Å². The van der Waals surface area contributed by atoms with E-state index >= 15 is 0 Å². The number of carbonyl (C=O) groups is 2. The molecular weight excluding hydrogens is 513 g/mol. The van der Waals surface area contributed by atoms with Crippen LogP contribution in [0.1, 0.15) is 44.9 Å². The lowest BCUT2D eigenvalue weighted by Gasteiger charge is -2.16. The highest BCUT2D eigenvalue weighted by Gasteiger charge is 2.40. The minimum Gasteiger partial charge on any atom is -0.337 e. The van der Waals surface area contributed by atoms with E-state index in [0.717, 1.165) is 31.3 Å². The molecule has 1 saturated heterocycles. The summed E-state index contributed by atoms with van der Waals surface area (Å²) < 4.78 is 55.8. The molecule has 0 saturated carbocycles. The number of benzene rings is 1. The first kappa shape index (κ1) is 24.9. The minimum atomic E-state index is -4.95. The van der Waals surface area contributed by atoms with Gasteiger partial charge in [0.2, 0.25) is 0 Å². The first-order valence-corrected chi connectivity index (χ1v) is 11.1. The molecule has 4 rings (SSSR count). The van der Waals surface area contributed by atoms with E-state index in [9.17, 15) is 27.2 Å². The smallest absolute Gasteiger partial charge is 0.337 e. The van der Waals surface area contributed by atoms with Gasteiger partial charge in [0, 0.05) is 13.1 Å². The molecule has 0 bridgehead atoms.